The molecule has 7 nitrogen and oxygen atoms in total. The third kappa shape index (κ3) is 10.2. The maximum atomic E-state index is 13.2. The minimum Gasteiger partial charge on any atom is -0.489 e. The topological polar surface area (TPSA) is 108 Å². The van der Waals surface area contributed by atoms with Gasteiger partial charge in [0, 0.05) is 13.0 Å². The van der Waals surface area contributed by atoms with E-state index in [2.05, 4.69) is 5.32 Å². The van der Waals surface area contributed by atoms with E-state index in [9.17, 15) is 40.7 Å². The van der Waals surface area contributed by atoms with Crippen LogP contribution in [-0.4, -0.2) is 23.9 Å². The first kappa shape index (κ1) is 35.7. The Morgan fingerprint density at radius 1 is 0.771 bits per heavy atom. The summed E-state index contributed by atoms with van der Waals surface area (Å²) in [6.07, 6.45) is -10.1. The van der Waals surface area contributed by atoms with Gasteiger partial charge in [0.1, 0.15) is 18.4 Å². The molecule has 0 unspecified atom stereocenters. The van der Waals surface area contributed by atoms with Crippen LogP contribution in [0.1, 0.15) is 51.0 Å². The van der Waals surface area contributed by atoms with Crippen molar-refractivity contribution in [1.82, 2.24) is 5.32 Å². The number of ether oxygens (including phenoxy) is 2. The summed E-state index contributed by atoms with van der Waals surface area (Å²) in [5, 5.41) is 3.01. The summed E-state index contributed by atoms with van der Waals surface area (Å²) in [5.74, 6) is -3.01. The van der Waals surface area contributed by atoms with Crippen LogP contribution in [-0.2, 0) is 39.8 Å². The number of nitrogens with two attached hydrogens (primary N) is 1. The highest BCUT2D eigenvalue weighted by atomic mass is 19.4. The van der Waals surface area contributed by atoms with Crippen molar-refractivity contribution in [3.05, 3.63) is 124 Å². The van der Waals surface area contributed by atoms with E-state index in [4.69, 9.17) is 15.2 Å². The lowest BCUT2D eigenvalue weighted by atomic mass is 10.0. The van der Waals surface area contributed by atoms with Gasteiger partial charge in [0.05, 0.1) is 16.7 Å². The molecule has 4 rings (SSSR count). The highest BCUT2D eigenvalue weighted by molar-refractivity contribution is 5.98. The molecule has 4 aromatic carbocycles. The normalized spacial score (nSPS) is 12.3. The average molecular weight is 673 g/mol. The van der Waals surface area contributed by atoms with Gasteiger partial charge >= 0.3 is 24.3 Å². The lowest BCUT2D eigenvalue weighted by Crippen LogP contribution is -2.39. The molecule has 0 radical (unpaired) electrons. The number of alkyl halides is 6. The molecular weight excluding hydrogens is 642 g/mol. The zero-order chi connectivity index (χ0) is 35.1. The number of hydrogen-bond acceptors (Lipinski definition) is 6. The number of halogens is 6. The van der Waals surface area contributed by atoms with Gasteiger partial charge in [-0.25, -0.2) is 9.59 Å². The quantitative estimate of drug-likeness (QED) is 0.0924. The number of rotatable bonds is 12. The molecule has 0 fully saturated rings. The van der Waals surface area contributed by atoms with Crippen LogP contribution < -0.4 is 15.8 Å². The van der Waals surface area contributed by atoms with Crippen LogP contribution in [0, 0.1) is 6.92 Å². The fourth-order valence-corrected chi connectivity index (χ4v) is 4.69. The third-order valence-corrected chi connectivity index (χ3v) is 7.14. The molecule has 13 heteroatoms. The fourth-order valence-electron chi connectivity index (χ4n) is 4.69. The standard InChI is InChI=1S/C35H30F6N2O5/c1-21-4-2-5-22(14-21)19-43-30(12-13-31(42)44)33(46)48-32(45)25-10-8-24(9-11-25)26-7-3-6-23(15-26)20-47-29-17-27(34(36,37)38)16-28(18-29)35(39,40)41/h2-11,14-18,30,43H,12-13,19-20H2,1H3,(H2,42,44)/t30-/m0/s1. The number of primary amides is 1. The summed E-state index contributed by atoms with van der Waals surface area (Å²) >= 11 is 0. The second-order valence-electron chi connectivity index (χ2n) is 10.9. The molecule has 0 saturated carbocycles. The van der Waals surface area contributed by atoms with E-state index in [0.717, 1.165) is 11.1 Å². The molecule has 0 bridgehead atoms. The molecule has 0 aromatic heterocycles. The monoisotopic (exact) mass is 672 g/mol. The Morgan fingerprint density at radius 3 is 2.00 bits per heavy atom. The van der Waals surface area contributed by atoms with Gasteiger partial charge in [0.2, 0.25) is 5.91 Å². The highest BCUT2D eigenvalue weighted by Crippen LogP contribution is 2.38. The number of esters is 2. The Morgan fingerprint density at radius 2 is 1.40 bits per heavy atom. The summed E-state index contributed by atoms with van der Waals surface area (Å²) < 4.78 is 89.5. The molecule has 252 valence electrons. The Bertz CT molecular complexity index is 1740. The molecule has 0 aliphatic heterocycles. The number of aryl methyl sites for hydroxylation is 1. The number of hydrogen-bond donors (Lipinski definition) is 2. The summed E-state index contributed by atoms with van der Waals surface area (Å²) in [5.41, 5.74) is 5.91. The van der Waals surface area contributed by atoms with E-state index in [-0.39, 0.29) is 37.6 Å². The van der Waals surface area contributed by atoms with Gasteiger partial charge in [-0.15, -0.1) is 0 Å². The smallest absolute Gasteiger partial charge is 0.416 e. The van der Waals surface area contributed by atoms with Crippen LogP contribution in [0.5, 0.6) is 5.75 Å². The first-order chi connectivity index (χ1) is 22.6. The van der Waals surface area contributed by atoms with E-state index < -0.39 is 53.1 Å². The second-order valence-corrected chi connectivity index (χ2v) is 10.9. The Labute approximate surface area is 271 Å². The van der Waals surface area contributed by atoms with E-state index in [1.807, 2.05) is 31.2 Å². The summed E-state index contributed by atoms with van der Waals surface area (Å²) in [6, 6.07) is 20.1. The predicted octanol–water partition coefficient (Wildman–Crippen LogP) is 7.39. The number of carbonyl (C=O) groups excluding carboxylic acids is 3. The molecule has 4 aromatic rings. The van der Waals surface area contributed by atoms with Crippen molar-refractivity contribution in [3.63, 3.8) is 0 Å². The van der Waals surface area contributed by atoms with E-state index >= 15 is 0 Å². The zero-order valence-corrected chi connectivity index (χ0v) is 25.5. The maximum Gasteiger partial charge on any atom is 0.416 e. The molecule has 48 heavy (non-hydrogen) atoms. The van der Waals surface area contributed by atoms with Crippen LogP contribution in [0.15, 0.2) is 91.0 Å². The van der Waals surface area contributed by atoms with Crippen molar-refractivity contribution in [3.8, 4) is 16.9 Å². The molecule has 0 aliphatic rings. The summed E-state index contributed by atoms with van der Waals surface area (Å²) in [7, 11) is 0. The number of amides is 1. The van der Waals surface area contributed by atoms with Crippen LogP contribution >= 0.6 is 0 Å². The van der Waals surface area contributed by atoms with Crippen molar-refractivity contribution in [1.29, 1.82) is 0 Å². The number of benzene rings is 4. The van der Waals surface area contributed by atoms with E-state index in [1.54, 1.807) is 36.4 Å². The van der Waals surface area contributed by atoms with Crippen molar-refractivity contribution in [2.24, 2.45) is 5.73 Å². The van der Waals surface area contributed by atoms with E-state index in [0.29, 0.717) is 28.8 Å². The second kappa shape index (κ2) is 15.2. The molecule has 0 saturated heterocycles. The first-order valence-corrected chi connectivity index (χ1v) is 14.5. The predicted molar refractivity (Wildman–Crippen MR) is 163 cm³/mol. The molecule has 0 aliphatic carbocycles. The minimum atomic E-state index is -5.00. The van der Waals surface area contributed by atoms with Gasteiger partial charge in [-0.05, 0) is 72.0 Å². The first-order valence-electron chi connectivity index (χ1n) is 14.5. The molecule has 1 amide bonds. The average Bonchev–Trinajstić information content (AvgIpc) is 3.03. The number of nitrogens with one attached hydrogen (secondary N) is 1. The molecule has 1 atom stereocenters. The van der Waals surface area contributed by atoms with Crippen LogP contribution in [0.3, 0.4) is 0 Å². The lowest BCUT2D eigenvalue weighted by Gasteiger charge is -2.17. The molecule has 0 heterocycles. The largest absolute Gasteiger partial charge is 0.489 e. The Balaban J connectivity index is 1.41. The molecule has 3 N–H and O–H groups in total. The van der Waals surface area contributed by atoms with Crippen molar-refractivity contribution in [2.45, 2.75) is 51.3 Å². The van der Waals surface area contributed by atoms with Gasteiger partial charge in [-0.2, -0.15) is 26.3 Å². The SMILES string of the molecule is Cc1cccc(CN[C@@H](CCC(N)=O)C(=O)OC(=O)c2ccc(-c3cccc(COc4cc(C(F)(F)F)cc(C(F)(F)F)c4)c3)cc2)c1. The third-order valence-electron chi connectivity index (χ3n) is 7.14. The zero-order valence-electron chi connectivity index (χ0n) is 25.5. The van der Waals surface area contributed by atoms with Gasteiger partial charge in [-0.1, -0.05) is 60.2 Å². The van der Waals surface area contributed by atoms with Crippen LogP contribution in [0.2, 0.25) is 0 Å². The lowest BCUT2D eigenvalue weighted by molar-refractivity contribution is -0.143. The molecular formula is C35H30F6N2O5. The summed E-state index contributed by atoms with van der Waals surface area (Å²) in [4.78, 5) is 37.0. The van der Waals surface area contributed by atoms with E-state index in [1.165, 1.54) is 12.1 Å². The van der Waals surface area contributed by atoms with Crippen molar-refractivity contribution >= 4 is 17.8 Å². The Kier molecular flexibility index (Phi) is 11.3. The van der Waals surface area contributed by atoms with Crippen LogP contribution in [0.4, 0.5) is 26.3 Å². The van der Waals surface area contributed by atoms with Gasteiger partial charge < -0.3 is 20.5 Å². The minimum absolute atomic E-state index is 0.0174. The van der Waals surface area contributed by atoms with Crippen molar-refractivity contribution < 1.29 is 50.2 Å². The van der Waals surface area contributed by atoms with Gasteiger partial charge in [0.15, 0.2) is 0 Å². The Hall–Kier alpha value is -5.17. The highest BCUT2D eigenvalue weighted by Gasteiger charge is 2.37. The maximum absolute atomic E-state index is 13.2. The van der Waals surface area contributed by atoms with Gasteiger partial charge in [-0.3, -0.25) is 4.79 Å². The van der Waals surface area contributed by atoms with Crippen LogP contribution in [0.25, 0.3) is 11.1 Å². The van der Waals surface area contributed by atoms with Gasteiger partial charge in [0.25, 0.3) is 0 Å². The van der Waals surface area contributed by atoms with Crippen molar-refractivity contribution in [2.75, 3.05) is 0 Å². The number of carbonyl (C=O) groups is 3. The fraction of sp³-hybridized carbons (Fsp3) is 0.229. The summed E-state index contributed by atoms with van der Waals surface area (Å²) in [6.45, 7) is 1.87. The molecule has 0 spiro atoms.